The summed E-state index contributed by atoms with van der Waals surface area (Å²) in [6.45, 7) is 1.62. The molecule has 0 bridgehead atoms. The molecule has 1 aliphatic heterocycles. The Kier molecular flexibility index (Phi) is 6.92. The highest BCUT2D eigenvalue weighted by Crippen LogP contribution is 2.37. The zero-order valence-corrected chi connectivity index (χ0v) is 18.4. The number of nitrogens with zero attached hydrogens (tertiary/aromatic N) is 1. The van der Waals surface area contributed by atoms with Gasteiger partial charge in [0.1, 0.15) is 12.8 Å². The van der Waals surface area contributed by atoms with Gasteiger partial charge in [-0.2, -0.15) is 0 Å². The van der Waals surface area contributed by atoms with Crippen LogP contribution >= 0.6 is 0 Å². The number of nitrogens with one attached hydrogen (secondary N) is 1. The standard InChI is InChI=1S/C26H28N2O4/c1-30-16-8-15-28-25(27-22-12-7-6-11-21(22)26(28)29)20-13-14-23(24(17-20)31-2)32-18-19-9-4-3-5-10-19/h3-7,9-14,17,25,27H,8,15-16,18H2,1-2H3. The van der Waals surface area contributed by atoms with E-state index in [4.69, 9.17) is 14.2 Å². The van der Waals surface area contributed by atoms with Crippen LogP contribution in [0, 0.1) is 0 Å². The van der Waals surface area contributed by atoms with Crippen LogP contribution in [0.1, 0.15) is 34.1 Å². The smallest absolute Gasteiger partial charge is 0.257 e. The van der Waals surface area contributed by atoms with Crippen molar-refractivity contribution in [3.8, 4) is 11.5 Å². The molecule has 1 N–H and O–H groups in total. The van der Waals surface area contributed by atoms with Crippen LogP contribution in [0.25, 0.3) is 0 Å². The number of hydrogen-bond donors (Lipinski definition) is 1. The third-order valence-electron chi connectivity index (χ3n) is 5.51. The Labute approximate surface area is 188 Å². The molecule has 1 unspecified atom stereocenters. The molecule has 32 heavy (non-hydrogen) atoms. The summed E-state index contributed by atoms with van der Waals surface area (Å²) in [4.78, 5) is 15.1. The van der Waals surface area contributed by atoms with Crippen LogP contribution < -0.4 is 14.8 Å². The molecular weight excluding hydrogens is 404 g/mol. The van der Waals surface area contributed by atoms with Crippen molar-refractivity contribution in [2.24, 2.45) is 0 Å². The summed E-state index contributed by atoms with van der Waals surface area (Å²) in [5.41, 5.74) is 3.51. The minimum absolute atomic E-state index is 0.00354. The van der Waals surface area contributed by atoms with Crippen molar-refractivity contribution in [2.45, 2.75) is 19.2 Å². The van der Waals surface area contributed by atoms with Crippen LogP contribution in [-0.4, -0.2) is 38.2 Å². The van der Waals surface area contributed by atoms with Gasteiger partial charge in [-0.05, 0) is 41.8 Å². The van der Waals surface area contributed by atoms with Gasteiger partial charge in [0.05, 0.1) is 12.7 Å². The molecule has 1 aliphatic rings. The van der Waals surface area contributed by atoms with Gasteiger partial charge in [-0.15, -0.1) is 0 Å². The van der Waals surface area contributed by atoms with Crippen molar-refractivity contribution < 1.29 is 19.0 Å². The summed E-state index contributed by atoms with van der Waals surface area (Å²) in [6, 6.07) is 23.4. The molecule has 0 aromatic heterocycles. The van der Waals surface area contributed by atoms with E-state index in [1.54, 1.807) is 14.2 Å². The van der Waals surface area contributed by atoms with Crippen LogP contribution in [-0.2, 0) is 11.3 Å². The van der Waals surface area contributed by atoms with Crippen molar-refractivity contribution in [1.82, 2.24) is 4.90 Å². The summed E-state index contributed by atoms with van der Waals surface area (Å²) < 4.78 is 16.8. The molecule has 0 fully saturated rings. The predicted octanol–water partition coefficient (Wildman–Crippen LogP) is 4.88. The van der Waals surface area contributed by atoms with E-state index in [2.05, 4.69) is 5.32 Å². The first-order valence-corrected chi connectivity index (χ1v) is 10.7. The number of fused-ring (bicyclic) bond motifs is 1. The van der Waals surface area contributed by atoms with Crippen molar-refractivity contribution >= 4 is 11.6 Å². The second kappa shape index (κ2) is 10.2. The van der Waals surface area contributed by atoms with Crippen molar-refractivity contribution in [3.63, 3.8) is 0 Å². The van der Waals surface area contributed by atoms with E-state index in [1.165, 1.54) is 0 Å². The average Bonchev–Trinajstić information content (AvgIpc) is 2.84. The van der Waals surface area contributed by atoms with Crippen molar-refractivity contribution in [2.75, 3.05) is 32.7 Å². The van der Waals surface area contributed by atoms with Crippen LogP contribution in [0.2, 0.25) is 0 Å². The monoisotopic (exact) mass is 432 g/mol. The number of benzene rings is 3. The molecule has 6 heteroatoms. The fourth-order valence-electron chi connectivity index (χ4n) is 3.87. The highest BCUT2D eigenvalue weighted by molar-refractivity contribution is 6.01. The molecule has 0 aliphatic carbocycles. The number of hydrogen-bond acceptors (Lipinski definition) is 5. The highest BCUT2D eigenvalue weighted by atomic mass is 16.5. The lowest BCUT2D eigenvalue weighted by Crippen LogP contribution is -2.43. The molecule has 3 aromatic rings. The number of anilines is 1. The first kappa shape index (κ1) is 21.7. The Morgan fingerprint density at radius 3 is 2.50 bits per heavy atom. The average molecular weight is 433 g/mol. The number of carbonyl (C=O) groups excluding carboxylic acids is 1. The highest BCUT2D eigenvalue weighted by Gasteiger charge is 2.32. The number of amides is 1. The first-order valence-electron chi connectivity index (χ1n) is 10.7. The quantitative estimate of drug-likeness (QED) is 0.489. The van der Waals surface area contributed by atoms with Gasteiger partial charge in [-0.25, -0.2) is 0 Å². The molecule has 1 heterocycles. The van der Waals surface area contributed by atoms with E-state index < -0.39 is 0 Å². The van der Waals surface area contributed by atoms with Gasteiger partial charge in [-0.3, -0.25) is 4.79 Å². The van der Waals surface area contributed by atoms with Gasteiger partial charge in [0, 0.05) is 25.9 Å². The van der Waals surface area contributed by atoms with Gasteiger partial charge in [0.25, 0.3) is 5.91 Å². The number of rotatable bonds is 9. The summed E-state index contributed by atoms with van der Waals surface area (Å²) in [7, 11) is 3.29. The van der Waals surface area contributed by atoms with Crippen LogP contribution in [0.4, 0.5) is 5.69 Å². The van der Waals surface area contributed by atoms with E-state index in [0.29, 0.717) is 36.8 Å². The first-order chi connectivity index (χ1) is 15.7. The largest absolute Gasteiger partial charge is 0.493 e. The van der Waals surface area contributed by atoms with Crippen LogP contribution in [0.15, 0.2) is 72.8 Å². The molecular formula is C26H28N2O4. The molecule has 0 radical (unpaired) electrons. The van der Waals surface area contributed by atoms with Gasteiger partial charge in [-0.1, -0.05) is 48.5 Å². The van der Waals surface area contributed by atoms with E-state index in [-0.39, 0.29) is 12.1 Å². The van der Waals surface area contributed by atoms with Gasteiger partial charge in [0.2, 0.25) is 0 Å². The maximum Gasteiger partial charge on any atom is 0.257 e. The molecule has 0 spiro atoms. The lowest BCUT2D eigenvalue weighted by atomic mass is 10.0. The van der Waals surface area contributed by atoms with Crippen LogP contribution in [0.5, 0.6) is 11.5 Å². The Morgan fingerprint density at radius 1 is 0.938 bits per heavy atom. The van der Waals surface area contributed by atoms with E-state index in [1.807, 2.05) is 77.7 Å². The van der Waals surface area contributed by atoms with E-state index in [9.17, 15) is 4.79 Å². The SMILES string of the molecule is COCCCN1C(=O)c2ccccc2NC1c1ccc(OCc2ccccc2)c(OC)c1. The minimum atomic E-state index is -0.314. The lowest BCUT2D eigenvalue weighted by molar-refractivity contribution is 0.0660. The second-order valence-corrected chi connectivity index (χ2v) is 7.62. The fraction of sp³-hybridized carbons (Fsp3) is 0.269. The number of methoxy groups -OCH3 is 2. The lowest BCUT2D eigenvalue weighted by Gasteiger charge is -2.38. The third-order valence-corrected chi connectivity index (χ3v) is 5.51. The Hall–Kier alpha value is -3.51. The molecule has 166 valence electrons. The van der Waals surface area contributed by atoms with Gasteiger partial charge < -0.3 is 24.4 Å². The Balaban J connectivity index is 1.60. The van der Waals surface area contributed by atoms with Gasteiger partial charge in [0.15, 0.2) is 11.5 Å². The predicted molar refractivity (Wildman–Crippen MR) is 124 cm³/mol. The summed E-state index contributed by atoms with van der Waals surface area (Å²) in [5.74, 6) is 1.29. The maximum absolute atomic E-state index is 13.3. The molecule has 6 nitrogen and oxygen atoms in total. The fourth-order valence-corrected chi connectivity index (χ4v) is 3.87. The molecule has 0 saturated heterocycles. The minimum Gasteiger partial charge on any atom is -0.493 e. The third kappa shape index (κ3) is 4.70. The van der Waals surface area contributed by atoms with E-state index in [0.717, 1.165) is 23.2 Å². The number of para-hydroxylation sites is 1. The van der Waals surface area contributed by atoms with Gasteiger partial charge >= 0.3 is 0 Å². The number of ether oxygens (including phenoxy) is 3. The summed E-state index contributed by atoms with van der Waals surface area (Å²) in [6.07, 6.45) is 0.434. The summed E-state index contributed by atoms with van der Waals surface area (Å²) in [5, 5.41) is 3.52. The molecule has 3 aromatic carbocycles. The Morgan fingerprint density at radius 2 is 1.72 bits per heavy atom. The summed E-state index contributed by atoms with van der Waals surface area (Å²) >= 11 is 0. The second-order valence-electron chi connectivity index (χ2n) is 7.62. The zero-order valence-electron chi connectivity index (χ0n) is 18.4. The molecule has 4 rings (SSSR count). The molecule has 1 amide bonds. The van der Waals surface area contributed by atoms with Crippen molar-refractivity contribution in [3.05, 3.63) is 89.5 Å². The Bertz CT molecular complexity index is 1050. The number of carbonyl (C=O) groups is 1. The molecule has 1 atom stereocenters. The molecule has 0 saturated carbocycles. The normalized spacial score (nSPS) is 15.1. The topological polar surface area (TPSA) is 60.0 Å². The van der Waals surface area contributed by atoms with E-state index >= 15 is 0 Å². The van der Waals surface area contributed by atoms with Crippen LogP contribution in [0.3, 0.4) is 0 Å². The maximum atomic E-state index is 13.3. The zero-order chi connectivity index (χ0) is 22.3. The van der Waals surface area contributed by atoms with Crippen molar-refractivity contribution in [1.29, 1.82) is 0 Å².